The van der Waals surface area contributed by atoms with Crippen LogP contribution in [0.3, 0.4) is 0 Å². The van der Waals surface area contributed by atoms with Crippen molar-refractivity contribution in [1.82, 2.24) is 4.90 Å². The van der Waals surface area contributed by atoms with Gasteiger partial charge in [-0.15, -0.1) is 0 Å². The van der Waals surface area contributed by atoms with E-state index < -0.39 is 12.0 Å². The summed E-state index contributed by atoms with van der Waals surface area (Å²) >= 11 is 0. The first-order valence-electron chi connectivity index (χ1n) is 11.1. The van der Waals surface area contributed by atoms with Crippen molar-refractivity contribution in [2.75, 3.05) is 19.8 Å². The number of morpholine rings is 1. The van der Waals surface area contributed by atoms with Gasteiger partial charge in [0.2, 0.25) is 0 Å². The van der Waals surface area contributed by atoms with Crippen LogP contribution in [-0.2, 0) is 16.1 Å². The summed E-state index contributed by atoms with van der Waals surface area (Å²) in [5.41, 5.74) is 5.69. The number of nitriles is 1. The third-order valence-electron chi connectivity index (χ3n) is 6.10. The normalized spacial score (nSPS) is 16.4. The number of phenolic OH excluding ortho intramolecular Hbond substituents is 1. The second-order valence-corrected chi connectivity index (χ2v) is 8.32. The molecule has 1 saturated heterocycles. The van der Waals surface area contributed by atoms with E-state index in [1.807, 2.05) is 78.6 Å². The highest BCUT2D eigenvalue weighted by molar-refractivity contribution is 5.81. The molecule has 1 unspecified atom stereocenters. The van der Waals surface area contributed by atoms with Crippen LogP contribution in [0, 0.1) is 18.3 Å². The van der Waals surface area contributed by atoms with Gasteiger partial charge in [0.05, 0.1) is 18.8 Å². The number of aromatic hydroxyl groups is 1. The molecule has 1 aliphatic heterocycles. The first-order chi connectivity index (χ1) is 16.5. The number of rotatable bonds is 6. The second kappa shape index (κ2) is 10.3. The zero-order chi connectivity index (χ0) is 24.1. The fourth-order valence-electron chi connectivity index (χ4n) is 4.22. The third kappa shape index (κ3) is 5.01. The molecule has 3 aromatic carbocycles. The molecule has 1 atom stereocenters. The summed E-state index contributed by atoms with van der Waals surface area (Å²) in [6, 6.07) is 20.7. The number of hydrogen-bond acceptors (Lipinski definition) is 5. The molecule has 0 aromatic heterocycles. The molecule has 0 aliphatic carbocycles. The Morgan fingerprint density at radius 1 is 1.15 bits per heavy atom. The first-order valence-corrected chi connectivity index (χ1v) is 11.1. The molecule has 34 heavy (non-hydrogen) atoms. The summed E-state index contributed by atoms with van der Waals surface area (Å²) in [7, 11) is 0. The maximum atomic E-state index is 11.5. The van der Waals surface area contributed by atoms with Gasteiger partial charge in [0, 0.05) is 24.2 Å². The molecule has 0 amide bonds. The molecular formula is C28H26N2O4. The zero-order valence-corrected chi connectivity index (χ0v) is 18.9. The van der Waals surface area contributed by atoms with Gasteiger partial charge in [-0.25, -0.2) is 0 Å². The lowest BCUT2D eigenvalue weighted by molar-refractivity contribution is -0.150. The van der Waals surface area contributed by atoms with E-state index in [2.05, 4.69) is 6.07 Å². The van der Waals surface area contributed by atoms with Gasteiger partial charge in [0.1, 0.15) is 17.9 Å². The number of benzene rings is 3. The van der Waals surface area contributed by atoms with E-state index >= 15 is 0 Å². The van der Waals surface area contributed by atoms with Crippen LogP contribution in [0.1, 0.15) is 27.8 Å². The average molecular weight is 455 g/mol. The summed E-state index contributed by atoms with van der Waals surface area (Å²) in [4.78, 5) is 13.3. The molecule has 2 N–H and O–H groups in total. The van der Waals surface area contributed by atoms with E-state index in [4.69, 9.17) is 4.74 Å². The van der Waals surface area contributed by atoms with Crippen LogP contribution >= 0.6 is 0 Å². The van der Waals surface area contributed by atoms with Crippen LogP contribution in [0.5, 0.6) is 5.75 Å². The van der Waals surface area contributed by atoms with Crippen LogP contribution in [0.15, 0.2) is 60.7 Å². The van der Waals surface area contributed by atoms with Crippen LogP contribution in [0.25, 0.3) is 23.3 Å². The Labute approximate surface area is 199 Å². The predicted molar refractivity (Wildman–Crippen MR) is 131 cm³/mol. The lowest BCUT2D eigenvalue weighted by Gasteiger charge is -2.33. The molecule has 1 fully saturated rings. The monoisotopic (exact) mass is 454 g/mol. The van der Waals surface area contributed by atoms with E-state index in [0.29, 0.717) is 30.8 Å². The Hall–Kier alpha value is -3.92. The van der Waals surface area contributed by atoms with E-state index in [1.54, 1.807) is 6.07 Å². The van der Waals surface area contributed by atoms with Crippen molar-refractivity contribution < 1.29 is 19.7 Å². The summed E-state index contributed by atoms with van der Waals surface area (Å²) in [6.45, 7) is 3.37. The highest BCUT2D eigenvalue weighted by atomic mass is 16.5. The Morgan fingerprint density at radius 2 is 1.91 bits per heavy atom. The van der Waals surface area contributed by atoms with Crippen molar-refractivity contribution in [3.63, 3.8) is 0 Å². The van der Waals surface area contributed by atoms with E-state index in [0.717, 1.165) is 27.8 Å². The van der Waals surface area contributed by atoms with Gasteiger partial charge in [-0.1, -0.05) is 66.7 Å². The average Bonchev–Trinajstić information content (AvgIpc) is 2.85. The van der Waals surface area contributed by atoms with Crippen molar-refractivity contribution in [3.8, 4) is 22.9 Å². The molecule has 3 aromatic rings. The van der Waals surface area contributed by atoms with Gasteiger partial charge >= 0.3 is 5.97 Å². The Kier molecular flexibility index (Phi) is 7.07. The van der Waals surface area contributed by atoms with Crippen molar-refractivity contribution in [1.29, 1.82) is 5.26 Å². The van der Waals surface area contributed by atoms with Gasteiger partial charge in [-0.3, -0.25) is 9.69 Å². The molecule has 0 bridgehead atoms. The lowest BCUT2D eigenvalue weighted by Crippen LogP contribution is -2.49. The molecule has 0 radical (unpaired) electrons. The fourth-order valence-corrected chi connectivity index (χ4v) is 4.22. The topological polar surface area (TPSA) is 93.8 Å². The summed E-state index contributed by atoms with van der Waals surface area (Å²) < 4.78 is 5.30. The number of aliphatic carboxylic acids is 1. The van der Waals surface area contributed by atoms with Crippen molar-refractivity contribution in [3.05, 3.63) is 88.5 Å². The van der Waals surface area contributed by atoms with Crippen LogP contribution in [0.2, 0.25) is 0 Å². The Bertz CT molecular complexity index is 1260. The van der Waals surface area contributed by atoms with Gasteiger partial charge in [-0.2, -0.15) is 5.26 Å². The zero-order valence-electron chi connectivity index (χ0n) is 18.9. The number of carbonyl (C=O) groups is 1. The molecule has 0 saturated carbocycles. The highest BCUT2D eigenvalue weighted by Gasteiger charge is 2.29. The molecule has 6 heteroatoms. The van der Waals surface area contributed by atoms with Gasteiger partial charge in [0.25, 0.3) is 0 Å². The van der Waals surface area contributed by atoms with Gasteiger partial charge < -0.3 is 14.9 Å². The number of phenols is 1. The standard InChI is InChI=1S/C28H26N2O4/c1-19-14-23(17-30-12-13-34-18-26(30)28(32)33)27(31)15-22(19)11-10-21-8-5-9-24(25(21)16-29)20-6-3-2-4-7-20/h2-11,14-15,26,31H,12-13,17-18H2,1H3,(H,32,33)/b11-10+. The van der Waals surface area contributed by atoms with Crippen LogP contribution < -0.4 is 0 Å². The SMILES string of the molecule is Cc1cc(CN2CCOCC2C(=O)O)c(O)cc1/C=C/c1cccc(-c2ccccc2)c1C#N. The number of carboxylic acid groups (broad SMARTS) is 1. The minimum atomic E-state index is -0.929. The quantitative estimate of drug-likeness (QED) is 0.525. The molecule has 0 spiro atoms. The summed E-state index contributed by atoms with van der Waals surface area (Å²) in [5.74, 6) is -0.819. The predicted octanol–water partition coefficient (Wildman–Crippen LogP) is 4.70. The van der Waals surface area contributed by atoms with Crippen molar-refractivity contribution in [2.45, 2.75) is 19.5 Å². The number of hydrogen-bond donors (Lipinski definition) is 2. The third-order valence-corrected chi connectivity index (χ3v) is 6.10. The maximum absolute atomic E-state index is 11.5. The number of aryl methyl sites for hydroxylation is 1. The van der Waals surface area contributed by atoms with E-state index in [1.165, 1.54) is 0 Å². The van der Waals surface area contributed by atoms with Crippen molar-refractivity contribution in [2.24, 2.45) is 0 Å². The maximum Gasteiger partial charge on any atom is 0.323 e. The minimum Gasteiger partial charge on any atom is -0.508 e. The Morgan fingerprint density at radius 3 is 2.65 bits per heavy atom. The van der Waals surface area contributed by atoms with Crippen LogP contribution in [-0.4, -0.2) is 46.9 Å². The molecule has 172 valence electrons. The molecule has 4 rings (SSSR count). The number of ether oxygens (including phenoxy) is 1. The summed E-state index contributed by atoms with van der Waals surface area (Å²) in [6.07, 6.45) is 3.77. The molecule has 1 aliphatic rings. The number of carboxylic acids is 1. The van der Waals surface area contributed by atoms with E-state index in [9.17, 15) is 20.3 Å². The van der Waals surface area contributed by atoms with Gasteiger partial charge in [-0.05, 0) is 35.2 Å². The largest absolute Gasteiger partial charge is 0.508 e. The van der Waals surface area contributed by atoms with Gasteiger partial charge in [0.15, 0.2) is 0 Å². The smallest absolute Gasteiger partial charge is 0.323 e. The van der Waals surface area contributed by atoms with E-state index in [-0.39, 0.29) is 12.4 Å². The molecule has 6 nitrogen and oxygen atoms in total. The van der Waals surface area contributed by atoms with Crippen molar-refractivity contribution >= 4 is 18.1 Å². The lowest BCUT2D eigenvalue weighted by atomic mass is 9.95. The first kappa shape index (κ1) is 23.2. The molecular weight excluding hydrogens is 428 g/mol. The fraction of sp³-hybridized carbons (Fsp3) is 0.214. The highest BCUT2D eigenvalue weighted by Crippen LogP contribution is 2.29. The number of nitrogens with zero attached hydrogens (tertiary/aromatic N) is 2. The minimum absolute atomic E-state index is 0.111. The van der Waals surface area contributed by atoms with Crippen LogP contribution in [0.4, 0.5) is 0 Å². The molecule has 1 heterocycles. The second-order valence-electron chi connectivity index (χ2n) is 8.32. The Balaban J connectivity index is 1.60. The summed E-state index contributed by atoms with van der Waals surface area (Å²) in [5, 5.41) is 30.0.